The molecule has 1 rings (SSSR count). The standard InChI is InChI=1S/C13H19NO3S/c1-8(2)10(7-11(15)17-4)14-13(16)12-9(3)5-6-18-12/h5-6,8,10H,7H2,1-4H3,(H,14,16). The first-order chi connectivity index (χ1) is 8.45. The van der Waals surface area contributed by atoms with Gasteiger partial charge in [0, 0.05) is 6.04 Å². The SMILES string of the molecule is COC(=O)CC(NC(=O)c1sccc1C)C(C)C. The summed E-state index contributed by atoms with van der Waals surface area (Å²) in [6.45, 7) is 5.83. The molecule has 1 atom stereocenters. The summed E-state index contributed by atoms with van der Waals surface area (Å²) in [5.74, 6) is -0.254. The van der Waals surface area contributed by atoms with E-state index in [-0.39, 0.29) is 30.3 Å². The Bertz CT molecular complexity index is 426. The summed E-state index contributed by atoms with van der Waals surface area (Å²) in [4.78, 5) is 24.0. The number of nitrogens with one attached hydrogen (secondary N) is 1. The van der Waals surface area contributed by atoms with Gasteiger partial charge < -0.3 is 10.1 Å². The van der Waals surface area contributed by atoms with Crippen molar-refractivity contribution < 1.29 is 14.3 Å². The van der Waals surface area contributed by atoms with Gasteiger partial charge in [-0.3, -0.25) is 9.59 Å². The van der Waals surface area contributed by atoms with Crippen molar-refractivity contribution >= 4 is 23.2 Å². The lowest BCUT2D eigenvalue weighted by Gasteiger charge is -2.21. The normalized spacial score (nSPS) is 12.3. The van der Waals surface area contributed by atoms with Crippen LogP contribution in [0.1, 0.15) is 35.5 Å². The van der Waals surface area contributed by atoms with Gasteiger partial charge in [-0.25, -0.2) is 0 Å². The number of thiophene rings is 1. The van der Waals surface area contributed by atoms with Crippen LogP contribution in [0.4, 0.5) is 0 Å². The number of esters is 1. The number of ether oxygens (including phenoxy) is 1. The minimum absolute atomic E-state index is 0.120. The first-order valence-corrected chi connectivity index (χ1v) is 6.75. The lowest BCUT2D eigenvalue weighted by Crippen LogP contribution is -2.40. The van der Waals surface area contributed by atoms with Crippen LogP contribution in [0.3, 0.4) is 0 Å². The highest BCUT2D eigenvalue weighted by molar-refractivity contribution is 7.12. The third-order valence-electron chi connectivity index (χ3n) is 2.80. The summed E-state index contributed by atoms with van der Waals surface area (Å²) in [5.41, 5.74) is 0.957. The van der Waals surface area contributed by atoms with Crippen molar-refractivity contribution in [2.75, 3.05) is 7.11 Å². The summed E-state index contributed by atoms with van der Waals surface area (Å²) < 4.78 is 4.64. The molecule has 1 unspecified atom stereocenters. The molecule has 0 aliphatic rings. The number of hydrogen-bond donors (Lipinski definition) is 1. The molecule has 0 aliphatic carbocycles. The van der Waals surface area contributed by atoms with E-state index in [1.807, 2.05) is 32.2 Å². The van der Waals surface area contributed by atoms with E-state index < -0.39 is 0 Å². The van der Waals surface area contributed by atoms with Crippen LogP contribution in [-0.4, -0.2) is 25.0 Å². The molecule has 5 heteroatoms. The maximum atomic E-state index is 12.1. The Kier molecular flexibility index (Phi) is 5.34. The summed E-state index contributed by atoms with van der Waals surface area (Å²) >= 11 is 1.41. The second kappa shape index (κ2) is 6.54. The molecule has 18 heavy (non-hydrogen) atoms. The second-order valence-electron chi connectivity index (χ2n) is 4.54. The van der Waals surface area contributed by atoms with Gasteiger partial charge in [-0.1, -0.05) is 13.8 Å². The Balaban J connectivity index is 2.70. The monoisotopic (exact) mass is 269 g/mol. The van der Waals surface area contributed by atoms with Crippen molar-refractivity contribution in [3.63, 3.8) is 0 Å². The van der Waals surface area contributed by atoms with Crippen LogP contribution in [0.2, 0.25) is 0 Å². The van der Waals surface area contributed by atoms with E-state index in [0.717, 1.165) is 5.56 Å². The predicted octanol–water partition coefficient (Wildman–Crippen LogP) is 2.37. The van der Waals surface area contributed by atoms with Crippen LogP contribution in [0.25, 0.3) is 0 Å². The van der Waals surface area contributed by atoms with Gasteiger partial charge in [0.05, 0.1) is 18.4 Å². The lowest BCUT2D eigenvalue weighted by molar-refractivity contribution is -0.141. The Hall–Kier alpha value is -1.36. The molecule has 1 aromatic heterocycles. The zero-order valence-corrected chi connectivity index (χ0v) is 12.0. The van der Waals surface area contributed by atoms with E-state index >= 15 is 0 Å². The van der Waals surface area contributed by atoms with Crippen LogP contribution < -0.4 is 5.32 Å². The third-order valence-corrected chi connectivity index (χ3v) is 3.82. The fourth-order valence-corrected chi connectivity index (χ4v) is 2.38. The molecule has 0 fully saturated rings. The maximum Gasteiger partial charge on any atom is 0.307 e. The summed E-state index contributed by atoms with van der Waals surface area (Å²) in [6.07, 6.45) is 0.199. The third kappa shape index (κ3) is 3.84. The van der Waals surface area contributed by atoms with Gasteiger partial charge in [-0.2, -0.15) is 0 Å². The number of aryl methyl sites for hydroxylation is 1. The lowest BCUT2D eigenvalue weighted by atomic mass is 10.0. The van der Waals surface area contributed by atoms with Crippen LogP contribution in [0.5, 0.6) is 0 Å². The molecule has 0 aromatic carbocycles. The molecule has 1 amide bonds. The van der Waals surface area contributed by atoms with Crippen LogP contribution >= 0.6 is 11.3 Å². The zero-order chi connectivity index (χ0) is 13.7. The molecule has 0 saturated carbocycles. The molecule has 0 aliphatic heterocycles. The van der Waals surface area contributed by atoms with Gasteiger partial charge in [0.1, 0.15) is 0 Å². The van der Waals surface area contributed by atoms with Crippen LogP contribution in [0, 0.1) is 12.8 Å². The molecule has 4 nitrogen and oxygen atoms in total. The fraction of sp³-hybridized carbons (Fsp3) is 0.538. The highest BCUT2D eigenvalue weighted by Crippen LogP contribution is 2.16. The van der Waals surface area contributed by atoms with Crippen molar-refractivity contribution in [1.29, 1.82) is 0 Å². The zero-order valence-electron chi connectivity index (χ0n) is 11.1. The first-order valence-electron chi connectivity index (χ1n) is 5.87. The van der Waals surface area contributed by atoms with E-state index in [1.54, 1.807) is 0 Å². The van der Waals surface area contributed by atoms with Gasteiger partial charge in [-0.05, 0) is 29.9 Å². The molecule has 100 valence electrons. The number of carbonyl (C=O) groups excluding carboxylic acids is 2. The average molecular weight is 269 g/mol. The summed E-state index contributed by atoms with van der Waals surface area (Å²) in [7, 11) is 1.35. The highest BCUT2D eigenvalue weighted by atomic mass is 32.1. The minimum Gasteiger partial charge on any atom is -0.469 e. The molecular weight excluding hydrogens is 250 g/mol. The van der Waals surface area contributed by atoms with Crippen molar-refractivity contribution in [2.45, 2.75) is 33.2 Å². The van der Waals surface area contributed by atoms with Crippen molar-refractivity contribution in [3.8, 4) is 0 Å². The molecule has 0 saturated heterocycles. The number of methoxy groups -OCH3 is 1. The fourth-order valence-electron chi connectivity index (χ4n) is 1.56. The molecule has 1 heterocycles. The Morgan fingerprint density at radius 1 is 1.44 bits per heavy atom. The van der Waals surface area contributed by atoms with Crippen LogP contribution in [0.15, 0.2) is 11.4 Å². The minimum atomic E-state index is -0.308. The molecule has 0 bridgehead atoms. The van der Waals surface area contributed by atoms with Crippen LogP contribution in [-0.2, 0) is 9.53 Å². The number of rotatable bonds is 5. The molecule has 1 aromatic rings. The van der Waals surface area contributed by atoms with E-state index in [4.69, 9.17) is 0 Å². The van der Waals surface area contributed by atoms with Crippen molar-refractivity contribution in [3.05, 3.63) is 21.9 Å². The second-order valence-corrected chi connectivity index (χ2v) is 5.45. The van der Waals surface area contributed by atoms with Gasteiger partial charge in [-0.15, -0.1) is 11.3 Å². The number of amides is 1. The van der Waals surface area contributed by atoms with Gasteiger partial charge in [0.15, 0.2) is 0 Å². The van der Waals surface area contributed by atoms with Crippen molar-refractivity contribution in [2.24, 2.45) is 5.92 Å². The molecule has 0 spiro atoms. The number of hydrogen-bond acceptors (Lipinski definition) is 4. The van der Waals surface area contributed by atoms with Gasteiger partial charge in [0.25, 0.3) is 5.91 Å². The average Bonchev–Trinajstić information content (AvgIpc) is 2.74. The van der Waals surface area contributed by atoms with E-state index in [9.17, 15) is 9.59 Å². The predicted molar refractivity (Wildman–Crippen MR) is 71.8 cm³/mol. The topological polar surface area (TPSA) is 55.4 Å². The highest BCUT2D eigenvalue weighted by Gasteiger charge is 2.21. The summed E-state index contributed by atoms with van der Waals surface area (Å²) in [5, 5.41) is 4.78. The van der Waals surface area contributed by atoms with E-state index in [0.29, 0.717) is 4.88 Å². The smallest absolute Gasteiger partial charge is 0.307 e. The Morgan fingerprint density at radius 3 is 2.56 bits per heavy atom. The Labute approximate surface area is 111 Å². The van der Waals surface area contributed by atoms with Gasteiger partial charge in [0.2, 0.25) is 0 Å². The molecule has 0 radical (unpaired) electrons. The van der Waals surface area contributed by atoms with E-state index in [1.165, 1.54) is 18.4 Å². The largest absolute Gasteiger partial charge is 0.469 e. The van der Waals surface area contributed by atoms with Crippen molar-refractivity contribution in [1.82, 2.24) is 5.32 Å². The van der Waals surface area contributed by atoms with Gasteiger partial charge >= 0.3 is 5.97 Å². The van der Waals surface area contributed by atoms with E-state index in [2.05, 4.69) is 10.1 Å². The Morgan fingerprint density at radius 2 is 2.11 bits per heavy atom. The molecular formula is C13H19NO3S. The number of carbonyl (C=O) groups is 2. The molecule has 1 N–H and O–H groups in total. The quantitative estimate of drug-likeness (QED) is 0.835. The first kappa shape index (κ1) is 14.7. The summed E-state index contributed by atoms with van der Waals surface area (Å²) in [6, 6.07) is 1.70. The maximum absolute atomic E-state index is 12.1.